The number of hydrogen-bond acceptors (Lipinski definition) is 3. The monoisotopic (exact) mass is 188 g/mol. The van der Waals surface area contributed by atoms with Crippen LogP contribution < -0.4 is 5.73 Å². The molecule has 0 aliphatic carbocycles. The Bertz CT molecular complexity index is 149. The molecule has 0 spiro atoms. The van der Waals surface area contributed by atoms with Gasteiger partial charge in [0.25, 0.3) is 0 Å². The summed E-state index contributed by atoms with van der Waals surface area (Å²) in [5, 5.41) is 0. The maximum Gasteiger partial charge on any atom is 0.224 e. The number of likely N-dealkylation sites (N-methyl/N-ethyl adjacent to an activating group) is 1. The minimum Gasteiger partial charge on any atom is -0.383 e. The van der Waals surface area contributed by atoms with Crippen molar-refractivity contribution in [1.82, 2.24) is 4.90 Å². The van der Waals surface area contributed by atoms with E-state index < -0.39 is 0 Å². The van der Waals surface area contributed by atoms with Crippen molar-refractivity contribution in [2.75, 3.05) is 26.8 Å². The summed E-state index contributed by atoms with van der Waals surface area (Å²) < 4.78 is 4.90. The molecule has 78 valence electrons. The number of amides is 1. The SMILES string of the molecule is CCN(CCOC)C(=O)CC(C)N. The molecule has 0 saturated carbocycles. The summed E-state index contributed by atoms with van der Waals surface area (Å²) in [7, 11) is 1.63. The zero-order chi connectivity index (χ0) is 10.3. The summed E-state index contributed by atoms with van der Waals surface area (Å²) in [4.78, 5) is 13.2. The van der Waals surface area contributed by atoms with Gasteiger partial charge in [-0.2, -0.15) is 0 Å². The molecule has 0 saturated heterocycles. The molecule has 13 heavy (non-hydrogen) atoms. The molecule has 1 amide bonds. The van der Waals surface area contributed by atoms with Crippen molar-refractivity contribution in [2.45, 2.75) is 26.3 Å². The molecule has 0 bridgehead atoms. The lowest BCUT2D eigenvalue weighted by Gasteiger charge is -2.21. The maximum atomic E-state index is 11.5. The van der Waals surface area contributed by atoms with Crippen molar-refractivity contribution in [3.8, 4) is 0 Å². The minimum atomic E-state index is -0.0657. The predicted octanol–water partition coefficient (Wildman–Crippen LogP) is 0.219. The fourth-order valence-electron chi connectivity index (χ4n) is 1.07. The van der Waals surface area contributed by atoms with E-state index >= 15 is 0 Å². The van der Waals surface area contributed by atoms with E-state index in [2.05, 4.69) is 0 Å². The van der Waals surface area contributed by atoms with Crippen LogP contribution in [0.2, 0.25) is 0 Å². The first-order chi connectivity index (χ1) is 6.11. The second-order valence-corrected chi connectivity index (χ2v) is 3.15. The molecule has 2 N–H and O–H groups in total. The molecule has 4 nitrogen and oxygen atoms in total. The molecule has 4 heteroatoms. The molecule has 0 aromatic carbocycles. The molecular formula is C9H20N2O2. The van der Waals surface area contributed by atoms with Crippen LogP contribution >= 0.6 is 0 Å². The van der Waals surface area contributed by atoms with Gasteiger partial charge in [0, 0.05) is 32.7 Å². The van der Waals surface area contributed by atoms with Crippen molar-refractivity contribution >= 4 is 5.91 Å². The van der Waals surface area contributed by atoms with E-state index in [9.17, 15) is 4.79 Å². The summed E-state index contributed by atoms with van der Waals surface area (Å²) in [6, 6.07) is -0.0657. The Morgan fingerprint density at radius 3 is 2.62 bits per heavy atom. The lowest BCUT2D eigenvalue weighted by atomic mass is 10.2. The molecule has 1 unspecified atom stereocenters. The van der Waals surface area contributed by atoms with Gasteiger partial charge in [-0.15, -0.1) is 0 Å². The topological polar surface area (TPSA) is 55.6 Å². The van der Waals surface area contributed by atoms with Crippen molar-refractivity contribution in [3.05, 3.63) is 0 Å². The van der Waals surface area contributed by atoms with E-state index in [1.807, 2.05) is 13.8 Å². The van der Waals surface area contributed by atoms with Crippen molar-refractivity contribution in [1.29, 1.82) is 0 Å². The molecular weight excluding hydrogens is 168 g/mol. The number of ether oxygens (including phenoxy) is 1. The summed E-state index contributed by atoms with van der Waals surface area (Å²) >= 11 is 0. The van der Waals surface area contributed by atoms with Crippen LogP contribution in [0, 0.1) is 0 Å². The third kappa shape index (κ3) is 5.60. The third-order valence-electron chi connectivity index (χ3n) is 1.80. The Kier molecular flexibility index (Phi) is 6.54. The fraction of sp³-hybridized carbons (Fsp3) is 0.889. The second-order valence-electron chi connectivity index (χ2n) is 3.15. The highest BCUT2D eigenvalue weighted by atomic mass is 16.5. The average molecular weight is 188 g/mol. The van der Waals surface area contributed by atoms with E-state index in [4.69, 9.17) is 10.5 Å². The van der Waals surface area contributed by atoms with Crippen LogP contribution in [0.4, 0.5) is 0 Å². The number of carbonyl (C=O) groups is 1. The fourth-order valence-corrected chi connectivity index (χ4v) is 1.07. The van der Waals surface area contributed by atoms with E-state index in [1.165, 1.54) is 0 Å². The van der Waals surface area contributed by atoms with Crippen LogP contribution in [-0.4, -0.2) is 43.7 Å². The number of carbonyl (C=O) groups excluding carboxylic acids is 1. The highest BCUT2D eigenvalue weighted by molar-refractivity contribution is 5.76. The molecule has 0 aromatic heterocycles. The summed E-state index contributed by atoms with van der Waals surface area (Å²) in [6.45, 7) is 5.74. The molecule has 0 radical (unpaired) electrons. The first-order valence-electron chi connectivity index (χ1n) is 4.64. The van der Waals surface area contributed by atoms with Gasteiger partial charge in [-0.3, -0.25) is 4.79 Å². The maximum absolute atomic E-state index is 11.5. The Morgan fingerprint density at radius 1 is 1.62 bits per heavy atom. The lowest BCUT2D eigenvalue weighted by molar-refractivity contribution is -0.131. The van der Waals surface area contributed by atoms with Gasteiger partial charge in [-0.1, -0.05) is 0 Å². The number of nitrogens with two attached hydrogens (primary N) is 1. The van der Waals surface area contributed by atoms with Gasteiger partial charge in [0.2, 0.25) is 5.91 Å². The number of hydrogen-bond donors (Lipinski definition) is 1. The highest BCUT2D eigenvalue weighted by Gasteiger charge is 2.12. The van der Waals surface area contributed by atoms with Gasteiger partial charge in [-0.25, -0.2) is 0 Å². The molecule has 0 aliphatic rings. The predicted molar refractivity (Wildman–Crippen MR) is 52.4 cm³/mol. The van der Waals surface area contributed by atoms with Crippen LogP contribution in [0.25, 0.3) is 0 Å². The van der Waals surface area contributed by atoms with Crippen LogP contribution in [0.5, 0.6) is 0 Å². The number of methoxy groups -OCH3 is 1. The molecule has 0 heterocycles. The van der Waals surface area contributed by atoms with Gasteiger partial charge < -0.3 is 15.4 Å². The molecule has 0 fully saturated rings. The number of nitrogens with zero attached hydrogens (tertiary/aromatic N) is 1. The zero-order valence-electron chi connectivity index (χ0n) is 8.75. The lowest BCUT2D eigenvalue weighted by Crippen LogP contribution is -2.36. The first-order valence-corrected chi connectivity index (χ1v) is 4.64. The van der Waals surface area contributed by atoms with Crippen LogP contribution in [0.15, 0.2) is 0 Å². The Balaban J connectivity index is 3.84. The molecule has 0 aromatic rings. The van der Waals surface area contributed by atoms with E-state index in [-0.39, 0.29) is 11.9 Å². The van der Waals surface area contributed by atoms with Crippen LogP contribution in [-0.2, 0) is 9.53 Å². The van der Waals surface area contributed by atoms with Crippen molar-refractivity contribution < 1.29 is 9.53 Å². The third-order valence-corrected chi connectivity index (χ3v) is 1.80. The van der Waals surface area contributed by atoms with Gasteiger partial charge in [0.15, 0.2) is 0 Å². The largest absolute Gasteiger partial charge is 0.383 e. The first kappa shape index (κ1) is 12.4. The summed E-state index contributed by atoms with van der Waals surface area (Å²) in [5.74, 6) is 0.106. The quantitative estimate of drug-likeness (QED) is 0.648. The highest BCUT2D eigenvalue weighted by Crippen LogP contribution is 1.96. The standard InChI is InChI=1S/C9H20N2O2/c1-4-11(5-6-13-3)9(12)7-8(2)10/h8H,4-7,10H2,1-3H3. The second kappa shape index (κ2) is 6.86. The van der Waals surface area contributed by atoms with Gasteiger partial charge >= 0.3 is 0 Å². The summed E-state index contributed by atoms with van der Waals surface area (Å²) in [6.07, 6.45) is 0.414. The van der Waals surface area contributed by atoms with Crippen LogP contribution in [0.1, 0.15) is 20.3 Å². The molecule has 0 rings (SSSR count). The zero-order valence-corrected chi connectivity index (χ0v) is 8.75. The normalized spacial score (nSPS) is 12.6. The van der Waals surface area contributed by atoms with Gasteiger partial charge in [-0.05, 0) is 13.8 Å². The Hall–Kier alpha value is -0.610. The Labute approximate surface area is 80.0 Å². The van der Waals surface area contributed by atoms with Crippen molar-refractivity contribution in [2.24, 2.45) is 5.73 Å². The van der Waals surface area contributed by atoms with E-state index in [0.717, 1.165) is 6.54 Å². The Morgan fingerprint density at radius 2 is 2.23 bits per heavy atom. The van der Waals surface area contributed by atoms with Gasteiger partial charge in [0.05, 0.1) is 6.61 Å². The van der Waals surface area contributed by atoms with Crippen LogP contribution in [0.3, 0.4) is 0 Å². The van der Waals surface area contributed by atoms with Gasteiger partial charge in [0.1, 0.15) is 0 Å². The van der Waals surface area contributed by atoms with E-state index in [1.54, 1.807) is 12.0 Å². The number of rotatable bonds is 6. The molecule has 1 atom stereocenters. The minimum absolute atomic E-state index is 0.0657. The van der Waals surface area contributed by atoms with E-state index in [0.29, 0.717) is 19.6 Å². The average Bonchev–Trinajstić information content (AvgIpc) is 2.04. The van der Waals surface area contributed by atoms with Crippen molar-refractivity contribution in [3.63, 3.8) is 0 Å². The summed E-state index contributed by atoms with van der Waals surface area (Å²) in [5.41, 5.74) is 5.54. The smallest absolute Gasteiger partial charge is 0.224 e. The molecule has 0 aliphatic heterocycles.